The Morgan fingerprint density at radius 1 is 1.36 bits per heavy atom. The molecule has 0 bridgehead atoms. The summed E-state index contributed by atoms with van der Waals surface area (Å²) in [6.07, 6.45) is 3.41. The van der Waals surface area contributed by atoms with Crippen LogP contribution >= 0.6 is 22.9 Å². The predicted molar refractivity (Wildman–Crippen MR) is 111 cm³/mol. The summed E-state index contributed by atoms with van der Waals surface area (Å²) < 4.78 is 0. The molecule has 1 aliphatic heterocycles. The molecule has 0 aliphatic carbocycles. The minimum Gasteiger partial charge on any atom is -0.366 e. The first kappa shape index (κ1) is 18.5. The van der Waals surface area contributed by atoms with Crippen molar-refractivity contribution in [2.75, 3.05) is 11.4 Å². The number of anilines is 1. The van der Waals surface area contributed by atoms with Crippen LogP contribution in [0.4, 0.5) is 5.13 Å². The molecule has 1 aromatic heterocycles. The molecule has 0 saturated carbocycles. The number of nitriles is 1. The maximum absolute atomic E-state index is 11.4. The fraction of sp³-hybridized carbons (Fsp3) is 0.190. The lowest BCUT2D eigenvalue weighted by Crippen LogP contribution is -2.30. The van der Waals surface area contributed by atoms with Gasteiger partial charge in [-0.3, -0.25) is 4.79 Å². The van der Waals surface area contributed by atoms with Gasteiger partial charge < -0.3 is 10.6 Å². The van der Waals surface area contributed by atoms with E-state index < -0.39 is 5.91 Å². The summed E-state index contributed by atoms with van der Waals surface area (Å²) in [6, 6.07) is 13.2. The van der Waals surface area contributed by atoms with Gasteiger partial charge in [-0.15, -0.1) is 11.3 Å². The van der Waals surface area contributed by atoms with Crippen molar-refractivity contribution in [3.8, 4) is 6.07 Å². The fourth-order valence-electron chi connectivity index (χ4n) is 3.43. The molecule has 4 rings (SSSR count). The van der Waals surface area contributed by atoms with Crippen LogP contribution in [0.1, 0.15) is 37.5 Å². The molecule has 1 amide bonds. The van der Waals surface area contributed by atoms with Crippen LogP contribution in [0.5, 0.6) is 0 Å². The van der Waals surface area contributed by atoms with E-state index in [9.17, 15) is 10.1 Å². The van der Waals surface area contributed by atoms with Crippen LogP contribution in [0.2, 0.25) is 5.02 Å². The van der Waals surface area contributed by atoms with Crippen LogP contribution in [0.25, 0.3) is 0 Å². The third-order valence-corrected chi connectivity index (χ3v) is 6.21. The molecule has 0 fully saturated rings. The molecule has 0 atom stereocenters. The summed E-state index contributed by atoms with van der Waals surface area (Å²) in [6.45, 7) is 1.53. The fourth-order valence-corrected chi connectivity index (χ4v) is 4.74. The molecule has 2 N–H and O–H groups in total. The lowest BCUT2D eigenvalue weighted by Gasteiger charge is -2.29. The number of halogens is 1. The molecule has 0 unspecified atom stereocenters. The molecule has 0 saturated heterocycles. The standard InChI is InChI=1S/C21H17ClN4OS/c22-19-9-14(10-23)7-16-12-26(5-4-18(16)19)21-25-11-17(28-21)8-13-2-1-3-15(6-13)20(24)27/h1-3,6-7,9,11H,4-5,8,12H2,(H2,24,27). The second-order valence-corrected chi connectivity index (χ2v) is 8.23. The van der Waals surface area contributed by atoms with Crippen molar-refractivity contribution in [2.45, 2.75) is 19.4 Å². The van der Waals surface area contributed by atoms with Crippen molar-refractivity contribution >= 4 is 34.0 Å². The van der Waals surface area contributed by atoms with Crippen molar-refractivity contribution in [2.24, 2.45) is 5.73 Å². The van der Waals surface area contributed by atoms with Crippen LogP contribution in [0.15, 0.2) is 42.6 Å². The van der Waals surface area contributed by atoms with Crippen LogP contribution in [-0.2, 0) is 19.4 Å². The molecule has 0 radical (unpaired) electrons. The second kappa shape index (κ2) is 7.63. The molecule has 5 nitrogen and oxygen atoms in total. The number of fused-ring (bicyclic) bond motifs is 1. The number of rotatable bonds is 4. The Balaban J connectivity index is 1.52. The largest absolute Gasteiger partial charge is 0.366 e. The molecule has 1 aliphatic rings. The number of nitrogens with zero attached hydrogens (tertiary/aromatic N) is 3. The van der Waals surface area contributed by atoms with Gasteiger partial charge in [-0.2, -0.15) is 5.26 Å². The van der Waals surface area contributed by atoms with E-state index in [0.717, 1.165) is 39.7 Å². The number of nitrogens with two attached hydrogens (primary N) is 1. The summed E-state index contributed by atoms with van der Waals surface area (Å²) in [4.78, 5) is 19.3. The van der Waals surface area contributed by atoms with E-state index in [0.29, 0.717) is 29.1 Å². The first-order valence-corrected chi connectivity index (χ1v) is 10.0. The number of hydrogen-bond acceptors (Lipinski definition) is 5. The third-order valence-electron chi connectivity index (χ3n) is 4.81. The molecular formula is C21H17ClN4OS. The van der Waals surface area contributed by atoms with Gasteiger partial charge in [0.15, 0.2) is 5.13 Å². The van der Waals surface area contributed by atoms with Gasteiger partial charge in [0.1, 0.15) is 0 Å². The first-order valence-electron chi connectivity index (χ1n) is 8.83. The Kier molecular flexibility index (Phi) is 5.03. The van der Waals surface area contributed by atoms with E-state index >= 15 is 0 Å². The summed E-state index contributed by atoms with van der Waals surface area (Å²) in [5.41, 5.74) is 9.70. The highest BCUT2D eigenvalue weighted by atomic mass is 35.5. The maximum Gasteiger partial charge on any atom is 0.248 e. The first-order chi connectivity index (χ1) is 13.5. The maximum atomic E-state index is 11.4. The minimum atomic E-state index is -0.422. The van der Waals surface area contributed by atoms with Crippen molar-refractivity contribution in [3.05, 3.63) is 80.3 Å². The monoisotopic (exact) mass is 408 g/mol. The highest BCUT2D eigenvalue weighted by Crippen LogP contribution is 2.32. The molecule has 28 heavy (non-hydrogen) atoms. The number of primary amides is 1. The van der Waals surface area contributed by atoms with E-state index in [1.807, 2.05) is 30.5 Å². The summed E-state index contributed by atoms with van der Waals surface area (Å²) in [7, 11) is 0. The molecule has 3 aromatic rings. The molecule has 140 valence electrons. The minimum absolute atomic E-state index is 0.422. The summed E-state index contributed by atoms with van der Waals surface area (Å²) >= 11 is 7.97. The van der Waals surface area contributed by atoms with Gasteiger partial charge in [-0.05, 0) is 47.4 Å². The van der Waals surface area contributed by atoms with Crippen LogP contribution in [0, 0.1) is 11.3 Å². The molecule has 2 heterocycles. The van der Waals surface area contributed by atoms with Gasteiger partial charge in [0.2, 0.25) is 5.91 Å². The number of hydrogen-bond donors (Lipinski definition) is 1. The summed E-state index contributed by atoms with van der Waals surface area (Å²) in [5, 5.41) is 10.8. The van der Waals surface area contributed by atoms with Crippen LogP contribution in [0.3, 0.4) is 0 Å². The molecule has 0 spiro atoms. The zero-order valence-corrected chi connectivity index (χ0v) is 16.6. The quantitative estimate of drug-likeness (QED) is 0.709. The number of carbonyl (C=O) groups excluding carboxylic acids is 1. The van der Waals surface area contributed by atoms with Gasteiger partial charge in [-0.1, -0.05) is 23.7 Å². The average molecular weight is 409 g/mol. The lowest BCUT2D eigenvalue weighted by atomic mass is 9.98. The lowest BCUT2D eigenvalue weighted by molar-refractivity contribution is 0.1000. The van der Waals surface area contributed by atoms with E-state index in [1.54, 1.807) is 23.5 Å². The molecule has 7 heteroatoms. The Labute approximate surface area is 172 Å². The smallest absolute Gasteiger partial charge is 0.248 e. The van der Waals surface area contributed by atoms with Gasteiger partial charge in [-0.25, -0.2) is 4.98 Å². The van der Waals surface area contributed by atoms with Crippen molar-refractivity contribution < 1.29 is 4.79 Å². The Hall–Kier alpha value is -2.88. The Morgan fingerprint density at radius 2 is 2.21 bits per heavy atom. The highest BCUT2D eigenvalue weighted by Gasteiger charge is 2.21. The molecule has 2 aromatic carbocycles. The zero-order valence-electron chi connectivity index (χ0n) is 15.0. The van der Waals surface area contributed by atoms with E-state index in [1.165, 1.54) is 0 Å². The van der Waals surface area contributed by atoms with Crippen LogP contribution < -0.4 is 10.6 Å². The predicted octanol–water partition coefficient (Wildman–Crippen LogP) is 3.92. The van der Waals surface area contributed by atoms with Gasteiger partial charge in [0.25, 0.3) is 0 Å². The normalized spacial score (nSPS) is 13.1. The SMILES string of the molecule is N#Cc1cc(Cl)c2c(c1)CN(c1ncc(Cc3cccc(C(N)=O)c3)s1)CC2. The Morgan fingerprint density at radius 3 is 3.00 bits per heavy atom. The van der Waals surface area contributed by atoms with Gasteiger partial charge in [0.05, 0.1) is 11.6 Å². The van der Waals surface area contributed by atoms with E-state index in [4.69, 9.17) is 17.3 Å². The van der Waals surface area contributed by atoms with Crippen molar-refractivity contribution in [1.82, 2.24) is 4.98 Å². The number of thiazole rings is 1. The van der Waals surface area contributed by atoms with Gasteiger partial charge >= 0.3 is 0 Å². The van der Waals surface area contributed by atoms with Crippen LogP contribution in [-0.4, -0.2) is 17.4 Å². The van der Waals surface area contributed by atoms with Crippen molar-refractivity contribution in [1.29, 1.82) is 5.26 Å². The topological polar surface area (TPSA) is 83.0 Å². The average Bonchev–Trinajstić information content (AvgIpc) is 3.16. The molecular weight excluding hydrogens is 392 g/mol. The number of amides is 1. The number of benzene rings is 2. The number of carbonyl (C=O) groups is 1. The highest BCUT2D eigenvalue weighted by molar-refractivity contribution is 7.15. The summed E-state index contributed by atoms with van der Waals surface area (Å²) in [5.74, 6) is -0.422. The van der Waals surface area contributed by atoms with Crippen molar-refractivity contribution in [3.63, 3.8) is 0 Å². The Bertz CT molecular complexity index is 1100. The zero-order chi connectivity index (χ0) is 19.7. The number of aromatic nitrogens is 1. The van der Waals surface area contributed by atoms with Gasteiger partial charge in [0, 0.05) is 41.2 Å². The van der Waals surface area contributed by atoms with E-state index in [2.05, 4.69) is 16.0 Å². The third kappa shape index (κ3) is 3.72. The second-order valence-electron chi connectivity index (χ2n) is 6.73. The van der Waals surface area contributed by atoms with E-state index in [-0.39, 0.29) is 0 Å².